The zero-order chi connectivity index (χ0) is 20.2. The molecule has 0 unspecified atom stereocenters. The van der Waals surface area contributed by atoms with E-state index >= 15 is 0 Å². The lowest BCUT2D eigenvalue weighted by Crippen LogP contribution is -2.39. The fourth-order valence-electron chi connectivity index (χ4n) is 3.89. The zero-order valence-electron chi connectivity index (χ0n) is 17.3. The van der Waals surface area contributed by atoms with Crippen LogP contribution < -0.4 is 0 Å². The third kappa shape index (κ3) is 4.71. The van der Waals surface area contributed by atoms with Gasteiger partial charge in [0.1, 0.15) is 5.69 Å². The summed E-state index contributed by atoms with van der Waals surface area (Å²) in [4.78, 5) is 17.9. The molecule has 4 rings (SSSR count). The van der Waals surface area contributed by atoms with Crippen molar-refractivity contribution in [2.75, 3.05) is 39.4 Å². The van der Waals surface area contributed by atoms with Crippen molar-refractivity contribution in [3.8, 4) is 0 Å². The van der Waals surface area contributed by atoms with Crippen LogP contribution in [0.2, 0.25) is 0 Å². The first-order valence-electron chi connectivity index (χ1n) is 10.3. The molecule has 1 saturated heterocycles. The van der Waals surface area contributed by atoms with Crippen molar-refractivity contribution in [1.29, 1.82) is 0 Å². The van der Waals surface area contributed by atoms with E-state index in [4.69, 9.17) is 4.74 Å². The van der Waals surface area contributed by atoms with E-state index in [2.05, 4.69) is 47.5 Å². The Morgan fingerprint density at radius 2 is 1.93 bits per heavy atom. The minimum Gasteiger partial charge on any atom is -0.379 e. The highest BCUT2D eigenvalue weighted by Crippen LogP contribution is 2.25. The number of morpholine rings is 1. The molecule has 154 valence electrons. The molecule has 0 saturated carbocycles. The molecule has 0 N–H and O–H groups in total. The number of thiophene rings is 1. The first kappa shape index (κ1) is 20.1. The molecule has 1 amide bonds. The molecule has 3 aromatic rings. The summed E-state index contributed by atoms with van der Waals surface area (Å²) in [5.41, 5.74) is 4.31. The fourth-order valence-corrected chi connectivity index (χ4v) is 4.74. The molecule has 6 heteroatoms. The van der Waals surface area contributed by atoms with Crippen LogP contribution in [0.5, 0.6) is 0 Å². The number of aryl methyl sites for hydroxylation is 2. The van der Waals surface area contributed by atoms with Gasteiger partial charge in [-0.3, -0.25) is 9.69 Å². The summed E-state index contributed by atoms with van der Waals surface area (Å²) < 4.78 is 8.63. The summed E-state index contributed by atoms with van der Waals surface area (Å²) in [5.74, 6) is 0.110. The van der Waals surface area contributed by atoms with E-state index in [1.54, 1.807) is 11.3 Å². The van der Waals surface area contributed by atoms with Crippen LogP contribution in [0, 0.1) is 6.92 Å². The predicted octanol–water partition coefficient (Wildman–Crippen LogP) is 3.91. The predicted molar refractivity (Wildman–Crippen MR) is 119 cm³/mol. The Bertz CT molecular complexity index is 954. The molecule has 1 aromatic carbocycles. The largest absolute Gasteiger partial charge is 0.379 e. The summed E-state index contributed by atoms with van der Waals surface area (Å²) >= 11 is 1.68. The number of aromatic nitrogens is 1. The minimum atomic E-state index is 0.110. The molecule has 3 heterocycles. The number of carbonyl (C=O) groups excluding carboxylic acids is 1. The lowest BCUT2D eigenvalue weighted by atomic mass is 10.1. The maximum atomic E-state index is 13.5. The number of nitrogens with zero attached hydrogens (tertiary/aromatic N) is 3. The van der Waals surface area contributed by atoms with Gasteiger partial charge in [0.25, 0.3) is 5.91 Å². The quantitative estimate of drug-likeness (QED) is 0.592. The summed E-state index contributed by atoms with van der Waals surface area (Å²) in [6.07, 6.45) is 0.969. The van der Waals surface area contributed by atoms with Crippen molar-refractivity contribution in [3.63, 3.8) is 0 Å². The van der Waals surface area contributed by atoms with Crippen LogP contribution in [-0.2, 0) is 18.3 Å². The Hall–Kier alpha value is -2.15. The maximum Gasteiger partial charge on any atom is 0.270 e. The second kappa shape index (κ2) is 9.11. The van der Waals surface area contributed by atoms with Crippen LogP contribution in [0.15, 0.2) is 41.8 Å². The second-order valence-electron chi connectivity index (χ2n) is 7.78. The van der Waals surface area contributed by atoms with Gasteiger partial charge in [-0.2, -0.15) is 0 Å². The molecule has 1 aliphatic rings. The lowest BCUT2D eigenvalue weighted by molar-refractivity contribution is 0.0355. The van der Waals surface area contributed by atoms with E-state index in [9.17, 15) is 4.79 Å². The van der Waals surface area contributed by atoms with Gasteiger partial charge < -0.3 is 14.2 Å². The highest BCUT2D eigenvalue weighted by atomic mass is 32.1. The van der Waals surface area contributed by atoms with Crippen LogP contribution in [-0.4, -0.2) is 59.7 Å². The van der Waals surface area contributed by atoms with Gasteiger partial charge in [0, 0.05) is 39.8 Å². The molecule has 2 aromatic heterocycles. The Kier molecular flexibility index (Phi) is 6.33. The summed E-state index contributed by atoms with van der Waals surface area (Å²) in [6, 6.07) is 12.6. The summed E-state index contributed by atoms with van der Waals surface area (Å²) in [7, 11) is 1.99. The number of amides is 1. The van der Waals surface area contributed by atoms with Crippen molar-refractivity contribution in [2.24, 2.45) is 7.05 Å². The average molecular weight is 412 g/mol. The molecule has 29 heavy (non-hydrogen) atoms. The van der Waals surface area contributed by atoms with Crippen LogP contribution in [0.25, 0.3) is 10.2 Å². The standard InChI is InChI=1S/C23H29N3O2S/c1-18-4-6-19(7-5-18)17-26(10-3-9-25-11-13-28-14-12-25)23(27)21-16-22-20(24(21)2)8-15-29-22/h4-8,15-16H,3,9-14,17H2,1-2H3. The number of rotatable bonds is 7. The number of carbonyl (C=O) groups is 1. The Balaban J connectivity index is 1.49. The smallest absolute Gasteiger partial charge is 0.270 e. The number of ether oxygens (including phenoxy) is 1. The maximum absolute atomic E-state index is 13.5. The van der Waals surface area contributed by atoms with Gasteiger partial charge in [-0.25, -0.2) is 0 Å². The molecule has 5 nitrogen and oxygen atoms in total. The van der Waals surface area contributed by atoms with Gasteiger partial charge in [-0.05, 0) is 36.4 Å². The van der Waals surface area contributed by atoms with Gasteiger partial charge in [-0.1, -0.05) is 29.8 Å². The third-order valence-corrected chi connectivity index (χ3v) is 6.52. The van der Waals surface area contributed by atoms with E-state index in [0.29, 0.717) is 6.54 Å². The highest BCUT2D eigenvalue weighted by Gasteiger charge is 2.21. The molecular formula is C23H29N3O2S. The highest BCUT2D eigenvalue weighted by molar-refractivity contribution is 7.17. The molecule has 1 fully saturated rings. The van der Waals surface area contributed by atoms with Gasteiger partial charge >= 0.3 is 0 Å². The van der Waals surface area contributed by atoms with Crippen molar-refractivity contribution >= 4 is 27.5 Å². The van der Waals surface area contributed by atoms with E-state index < -0.39 is 0 Å². The molecule has 0 atom stereocenters. The third-order valence-electron chi connectivity index (χ3n) is 5.67. The second-order valence-corrected chi connectivity index (χ2v) is 8.73. The SMILES string of the molecule is Cc1ccc(CN(CCCN2CCOCC2)C(=O)c2cc3sccc3n2C)cc1. The molecule has 0 spiro atoms. The van der Waals surface area contributed by atoms with Crippen molar-refractivity contribution < 1.29 is 9.53 Å². The monoisotopic (exact) mass is 411 g/mol. The molecule has 0 aliphatic carbocycles. The van der Waals surface area contributed by atoms with Crippen molar-refractivity contribution in [2.45, 2.75) is 19.9 Å². The van der Waals surface area contributed by atoms with Gasteiger partial charge in [0.2, 0.25) is 0 Å². The van der Waals surface area contributed by atoms with Gasteiger partial charge in [0.15, 0.2) is 0 Å². The van der Waals surface area contributed by atoms with E-state index in [0.717, 1.165) is 57.0 Å². The molecule has 0 radical (unpaired) electrons. The molecule has 0 bridgehead atoms. The van der Waals surface area contributed by atoms with E-state index in [1.165, 1.54) is 15.8 Å². The van der Waals surface area contributed by atoms with E-state index in [1.807, 2.05) is 22.6 Å². The minimum absolute atomic E-state index is 0.110. The van der Waals surface area contributed by atoms with Crippen LogP contribution in [0.3, 0.4) is 0 Å². The Labute approximate surface area is 176 Å². The normalized spacial score (nSPS) is 15.1. The first-order chi connectivity index (χ1) is 14.1. The first-order valence-corrected chi connectivity index (χ1v) is 11.2. The van der Waals surface area contributed by atoms with E-state index in [-0.39, 0.29) is 5.91 Å². The zero-order valence-corrected chi connectivity index (χ0v) is 18.1. The molecule has 1 aliphatic heterocycles. The Morgan fingerprint density at radius 1 is 1.17 bits per heavy atom. The van der Waals surface area contributed by atoms with Crippen LogP contribution in [0.4, 0.5) is 0 Å². The van der Waals surface area contributed by atoms with Gasteiger partial charge in [0.05, 0.1) is 23.4 Å². The number of benzene rings is 1. The van der Waals surface area contributed by atoms with Gasteiger partial charge in [-0.15, -0.1) is 11.3 Å². The topological polar surface area (TPSA) is 37.7 Å². The van der Waals surface area contributed by atoms with Crippen LogP contribution in [0.1, 0.15) is 28.0 Å². The summed E-state index contributed by atoms with van der Waals surface area (Å²) in [6.45, 7) is 8.08. The molecular weight excluding hydrogens is 382 g/mol. The number of hydrogen-bond acceptors (Lipinski definition) is 4. The fraction of sp³-hybridized carbons (Fsp3) is 0.435. The number of fused-ring (bicyclic) bond motifs is 1. The Morgan fingerprint density at radius 3 is 2.66 bits per heavy atom. The van der Waals surface area contributed by atoms with Crippen LogP contribution >= 0.6 is 11.3 Å². The number of hydrogen-bond donors (Lipinski definition) is 0. The summed E-state index contributed by atoms with van der Waals surface area (Å²) in [5, 5.41) is 2.07. The van der Waals surface area contributed by atoms with Crippen molar-refractivity contribution in [3.05, 3.63) is 58.6 Å². The lowest BCUT2D eigenvalue weighted by Gasteiger charge is -2.28. The average Bonchev–Trinajstić information content (AvgIpc) is 3.32. The van der Waals surface area contributed by atoms with Crippen molar-refractivity contribution in [1.82, 2.24) is 14.4 Å².